The summed E-state index contributed by atoms with van der Waals surface area (Å²) in [5, 5.41) is 0. The van der Waals surface area contributed by atoms with Gasteiger partial charge in [0.05, 0.1) is 20.8 Å². The van der Waals surface area contributed by atoms with Gasteiger partial charge in [0.2, 0.25) is 0 Å². The van der Waals surface area contributed by atoms with Crippen LogP contribution in [0.4, 0.5) is 0 Å². The second kappa shape index (κ2) is 8.90. The SMILES string of the molecule is CCOc1ccc(C)cc1.COc1cc(C)cc(OC)c1. The summed E-state index contributed by atoms with van der Waals surface area (Å²) < 4.78 is 15.4. The third-order valence-electron chi connectivity index (χ3n) is 2.83. The molecule has 0 unspecified atom stereocenters. The number of aryl methyl sites for hydroxylation is 2. The van der Waals surface area contributed by atoms with Gasteiger partial charge in [0, 0.05) is 6.07 Å². The van der Waals surface area contributed by atoms with Crippen LogP contribution in [0.3, 0.4) is 0 Å². The Morgan fingerprint density at radius 1 is 0.714 bits per heavy atom. The van der Waals surface area contributed by atoms with Crippen molar-refractivity contribution in [3.8, 4) is 17.2 Å². The standard InChI is InChI=1S/C9H12O2.C9H12O/c1-7-4-8(10-2)6-9(5-7)11-3;1-3-10-9-6-4-8(2)5-7-9/h4-6H,1-3H3;4-7H,3H2,1-2H3. The average Bonchev–Trinajstić information content (AvgIpc) is 2.50. The Hall–Kier alpha value is -2.16. The molecule has 114 valence electrons. The fourth-order valence-electron chi connectivity index (χ4n) is 1.75. The molecule has 0 heterocycles. The number of hydrogen-bond donors (Lipinski definition) is 0. The molecule has 0 atom stereocenters. The molecular formula is C18H24O3. The van der Waals surface area contributed by atoms with Gasteiger partial charge in [0.25, 0.3) is 0 Å². The maximum atomic E-state index is 5.26. The summed E-state index contributed by atoms with van der Waals surface area (Å²) in [5.41, 5.74) is 2.41. The van der Waals surface area contributed by atoms with Crippen molar-refractivity contribution in [2.24, 2.45) is 0 Å². The van der Waals surface area contributed by atoms with Crippen LogP contribution in [0.2, 0.25) is 0 Å². The van der Waals surface area contributed by atoms with Gasteiger partial charge >= 0.3 is 0 Å². The molecule has 3 nitrogen and oxygen atoms in total. The quantitative estimate of drug-likeness (QED) is 0.834. The van der Waals surface area contributed by atoms with E-state index in [0.29, 0.717) is 0 Å². The summed E-state index contributed by atoms with van der Waals surface area (Å²) in [6.45, 7) is 6.80. The first-order valence-electron chi connectivity index (χ1n) is 6.98. The largest absolute Gasteiger partial charge is 0.497 e. The van der Waals surface area contributed by atoms with Gasteiger partial charge in [-0.3, -0.25) is 0 Å². The molecule has 0 aromatic heterocycles. The van der Waals surface area contributed by atoms with E-state index in [4.69, 9.17) is 14.2 Å². The second-order valence-electron chi connectivity index (χ2n) is 4.64. The summed E-state index contributed by atoms with van der Waals surface area (Å²) in [5.74, 6) is 2.62. The molecule has 0 N–H and O–H groups in total. The molecule has 0 spiro atoms. The van der Waals surface area contributed by atoms with E-state index in [9.17, 15) is 0 Å². The number of ether oxygens (including phenoxy) is 3. The molecule has 2 rings (SSSR count). The Morgan fingerprint density at radius 2 is 1.24 bits per heavy atom. The highest BCUT2D eigenvalue weighted by atomic mass is 16.5. The van der Waals surface area contributed by atoms with Crippen LogP contribution in [0.15, 0.2) is 42.5 Å². The predicted octanol–water partition coefficient (Wildman–Crippen LogP) is 4.41. The third kappa shape index (κ3) is 6.21. The second-order valence-corrected chi connectivity index (χ2v) is 4.64. The van der Waals surface area contributed by atoms with Gasteiger partial charge in [0.1, 0.15) is 17.2 Å². The monoisotopic (exact) mass is 288 g/mol. The summed E-state index contributed by atoms with van der Waals surface area (Å²) in [4.78, 5) is 0. The lowest BCUT2D eigenvalue weighted by Gasteiger charge is -2.04. The minimum Gasteiger partial charge on any atom is -0.497 e. The molecule has 0 aliphatic carbocycles. The topological polar surface area (TPSA) is 27.7 Å². The van der Waals surface area contributed by atoms with Gasteiger partial charge in [-0.05, 0) is 50.6 Å². The van der Waals surface area contributed by atoms with Crippen LogP contribution in [0, 0.1) is 13.8 Å². The minimum absolute atomic E-state index is 0.739. The molecular weight excluding hydrogens is 264 g/mol. The highest BCUT2D eigenvalue weighted by molar-refractivity contribution is 5.37. The van der Waals surface area contributed by atoms with Crippen molar-refractivity contribution >= 4 is 0 Å². The minimum atomic E-state index is 0.739. The van der Waals surface area contributed by atoms with Crippen LogP contribution in [0.5, 0.6) is 17.2 Å². The zero-order valence-corrected chi connectivity index (χ0v) is 13.5. The van der Waals surface area contributed by atoms with Crippen LogP contribution >= 0.6 is 0 Å². The Bertz CT molecular complexity index is 510. The van der Waals surface area contributed by atoms with Crippen LogP contribution in [-0.4, -0.2) is 20.8 Å². The molecule has 0 aliphatic rings. The van der Waals surface area contributed by atoms with Crippen LogP contribution in [0.25, 0.3) is 0 Å². The fourth-order valence-corrected chi connectivity index (χ4v) is 1.75. The van der Waals surface area contributed by atoms with E-state index < -0.39 is 0 Å². The number of hydrogen-bond acceptors (Lipinski definition) is 3. The zero-order chi connectivity index (χ0) is 15.7. The Kier molecular flexibility index (Phi) is 7.16. The van der Waals surface area contributed by atoms with E-state index in [1.807, 2.05) is 56.3 Å². The fraction of sp³-hybridized carbons (Fsp3) is 0.333. The number of benzene rings is 2. The molecule has 0 radical (unpaired) electrons. The smallest absolute Gasteiger partial charge is 0.122 e. The van der Waals surface area contributed by atoms with Gasteiger partial charge in [-0.1, -0.05) is 17.7 Å². The van der Waals surface area contributed by atoms with Crippen molar-refractivity contribution in [3.05, 3.63) is 53.6 Å². The number of methoxy groups -OCH3 is 2. The Morgan fingerprint density at radius 3 is 1.67 bits per heavy atom. The first kappa shape index (κ1) is 16.9. The molecule has 0 bridgehead atoms. The number of rotatable bonds is 4. The highest BCUT2D eigenvalue weighted by Gasteiger charge is 1.96. The maximum absolute atomic E-state index is 5.26. The van der Waals surface area contributed by atoms with Gasteiger partial charge in [-0.25, -0.2) is 0 Å². The van der Waals surface area contributed by atoms with E-state index in [2.05, 4.69) is 6.92 Å². The van der Waals surface area contributed by atoms with Gasteiger partial charge in [-0.2, -0.15) is 0 Å². The molecule has 0 amide bonds. The van der Waals surface area contributed by atoms with Crippen molar-refractivity contribution in [1.82, 2.24) is 0 Å². The van der Waals surface area contributed by atoms with Crippen molar-refractivity contribution in [3.63, 3.8) is 0 Å². The lowest BCUT2D eigenvalue weighted by Crippen LogP contribution is -1.90. The van der Waals surface area contributed by atoms with Crippen LogP contribution in [-0.2, 0) is 0 Å². The van der Waals surface area contributed by atoms with Gasteiger partial charge in [0.15, 0.2) is 0 Å². The normalized spacial score (nSPS) is 9.38. The predicted molar refractivity (Wildman–Crippen MR) is 86.6 cm³/mol. The summed E-state index contributed by atoms with van der Waals surface area (Å²) in [6.07, 6.45) is 0. The lowest BCUT2D eigenvalue weighted by atomic mass is 10.2. The van der Waals surface area contributed by atoms with Crippen molar-refractivity contribution in [2.75, 3.05) is 20.8 Å². The molecule has 2 aromatic rings. The van der Waals surface area contributed by atoms with E-state index >= 15 is 0 Å². The first-order chi connectivity index (χ1) is 10.1. The van der Waals surface area contributed by atoms with E-state index in [1.165, 1.54) is 5.56 Å². The average molecular weight is 288 g/mol. The summed E-state index contributed by atoms with van der Waals surface area (Å²) in [7, 11) is 3.29. The third-order valence-corrected chi connectivity index (χ3v) is 2.83. The molecule has 0 aliphatic heterocycles. The molecule has 0 saturated heterocycles. The van der Waals surface area contributed by atoms with Crippen molar-refractivity contribution in [1.29, 1.82) is 0 Å². The Balaban J connectivity index is 0.000000211. The molecule has 0 saturated carbocycles. The Labute approximate surface area is 127 Å². The van der Waals surface area contributed by atoms with E-state index in [-0.39, 0.29) is 0 Å². The molecule has 2 aromatic carbocycles. The van der Waals surface area contributed by atoms with E-state index in [1.54, 1.807) is 14.2 Å². The maximum Gasteiger partial charge on any atom is 0.122 e. The zero-order valence-electron chi connectivity index (χ0n) is 13.5. The van der Waals surface area contributed by atoms with Crippen LogP contribution < -0.4 is 14.2 Å². The molecule has 3 heteroatoms. The molecule has 0 fully saturated rings. The van der Waals surface area contributed by atoms with Crippen LogP contribution in [0.1, 0.15) is 18.1 Å². The van der Waals surface area contributed by atoms with Gasteiger partial charge in [-0.15, -0.1) is 0 Å². The first-order valence-corrected chi connectivity index (χ1v) is 6.98. The van der Waals surface area contributed by atoms with Gasteiger partial charge < -0.3 is 14.2 Å². The summed E-state index contributed by atoms with van der Waals surface area (Å²) >= 11 is 0. The highest BCUT2D eigenvalue weighted by Crippen LogP contribution is 2.21. The van der Waals surface area contributed by atoms with Crippen molar-refractivity contribution < 1.29 is 14.2 Å². The van der Waals surface area contributed by atoms with Crippen molar-refractivity contribution in [2.45, 2.75) is 20.8 Å². The summed E-state index contributed by atoms with van der Waals surface area (Å²) in [6, 6.07) is 13.8. The van der Waals surface area contributed by atoms with E-state index in [0.717, 1.165) is 29.4 Å². The lowest BCUT2D eigenvalue weighted by molar-refractivity contribution is 0.340. The molecule has 21 heavy (non-hydrogen) atoms.